The van der Waals surface area contributed by atoms with Crippen molar-refractivity contribution < 1.29 is 14.3 Å². The normalized spacial score (nSPS) is 11.4. The molecule has 182 valence electrons. The van der Waals surface area contributed by atoms with E-state index in [1.165, 1.54) is 38.0 Å². The Morgan fingerprint density at radius 1 is 0.971 bits per heavy atom. The van der Waals surface area contributed by atoms with Crippen LogP contribution in [0, 0.1) is 13.8 Å². The third kappa shape index (κ3) is 7.59. The molecule has 4 nitrogen and oxygen atoms in total. The van der Waals surface area contributed by atoms with Crippen LogP contribution in [0.4, 0.5) is 0 Å². The molecule has 0 saturated carbocycles. The Hall–Kier alpha value is -3.31. The number of rotatable bonds is 11. The van der Waals surface area contributed by atoms with Gasteiger partial charge in [-0.15, -0.1) is 11.3 Å². The average Bonchev–Trinajstić information content (AvgIpc) is 3.27. The molecule has 0 N–H and O–H groups in total. The number of benzene rings is 2. The van der Waals surface area contributed by atoms with Crippen LogP contribution >= 0.6 is 11.3 Å². The van der Waals surface area contributed by atoms with E-state index in [-0.39, 0.29) is 5.78 Å². The number of unbranched alkanes of at least 4 members (excludes halogenated alkanes) is 3. The van der Waals surface area contributed by atoms with Crippen LogP contribution < -0.4 is 0 Å². The molecule has 0 spiro atoms. The number of aryl methyl sites for hydroxylation is 3. The molecule has 0 atom stereocenters. The number of hydrogen-bond donors (Lipinski definition) is 0. The topological polar surface area (TPSA) is 56.3 Å². The summed E-state index contributed by atoms with van der Waals surface area (Å²) < 4.78 is 4.64. The predicted molar refractivity (Wildman–Crippen MR) is 146 cm³/mol. The van der Waals surface area contributed by atoms with Gasteiger partial charge in [0.15, 0.2) is 5.78 Å². The van der Waals surface area contributed by atoms with Gasteiger partial charge < -0.3 is 4.74 Å². The summed E-state index contributed by atoms with van der Waals surface area (Å²) in [4.78, 5) is 30.2. The predicted octanol–water partition coefficient (Wildman–Crippen LogP) is 7.63. The van der Waals surface area contributed by atoms with Crippen molar-refractivity contribution in [3.8, 4) is 10.6 Å². The zero-order valence-corrected chi connectivity index (χ0v) is 21.8. The lowest BCUT2D eigenvalue weighted by Gasteiger charge is -2.03. The number of esters is 1. The summed E-state index contributed by atoms with van der Waals surface area (Å²) in [7, 11) is 1.34. The standard InChI is InChI=1S/C30H33NO3S/c1-5-6-7-8-9-26-28(35-30(31-26)24-12-10-21(2)11-13-24)18-17-27(32)25-15-14-23(22(3)20-25)16-19-29(33)34-4/h10-20H,5-9H2,1-4H3/b18-17+,19-16+. The molecule has 0 unspecified atom stereocenters. The zero-order chi connectivity index (χ0) is 25.2. The third-order valence-electron chi connectivity index (χ3n) is 5.83. The molecule has 0 aliphatic carbocycles. The van der Waals surface area contributed by atoms with Gasteiger partial charge in [-0.2, -0.15) is 0 Å². The summed E-state index contributed by atoms with van der Waals surface area (Å²) in [6.07, 6.45) is 12.2. The summed E-state index contributed by atoms with van der Waals surface area (Å²) in [6, 6.07) is 13.9. The van der Waals surface area contributed by atoms with Gasteiger partial charge in [0.25, 0.3) is 0 Å². The Morgan fingerprint density at radius 2 is 1.74 bits per heavy atom. The highest BCUT2D eigenvalue weighted by molar-refractivity contribution is 7.16. The number of carbonyl (C=O) groups is 2. The second-order valence-corrected chi connectivity index (χ2v) is 9.66. The summed E-state index contributed by atoms with van der Waals surface area (Å²) in [5, 5.41) is 0.986. The fourth-order valence-electron chi connectivity index (χ4n) is 3.70. The number of nitrogens with zero attached hydrogens (tertiary/aromatic N) is 1. The first-order chi connectivity index (χ1) is 16.9. The smallest absolute Gasteiger partial charge is 0.330 e. The Labute approximate surface area is 212 Å². The molecular formula is C30H33NO3S. The lowest BCUT2D eigenvalue weighted by atomic mass is 10.0. The maximum Gasteiger partial charge on any atom is 0.330 e. The van der Waals surface area contributed by atoms with E-state index in [9.17, 15) is 9.59 Å². The second kappa shape index (κ2) is 13.0. The van der Waals surface area contributed by atoms with E-state index in [0.29, 0.717) is 5.56 Å². The Kier molecular flexibility index (Phi) is 9.74. The highest BCUT2D eigenvalue weighted by Crippen LogP contribution is 2.30. The molecule has 0 amide bonds. The summed E-state index contributed by atoms with van der Waals surface area (Å²) in [5.74, 6) is -0.466. The minimum atomic E-state index is -0.410. The summed E-state index contributed by atoms with van der Waals surface area (Å²) in [5.41, 5.74) is 5.79. The van der Waals surface area contributed by atoms with Crippen molar-refractivity contribution in [1.29, 1.82) is 0 Å². The number of ketones is 1. The minimum absolute atomic E-state index is 0.0567. The molecule has 0 radical (unpaired) electrons. The molecule has 0 aliphatic rings. The van der Waals surface area contributed by atoms with Crippen molar-refractivity contribution in [2.45, 2.75) is 52.9 Å². The molecular weight excluding hydrogens is 454 g/mol. The van der Waals surface area contributed by atoms with E-state index in [0.717, 1.165) is 45.1 Å². The lowest BCUT2D eigenvalue weighted by molar-refractivity contribution is -0.134. The van der Waals surface area contributed by atoms with Gasteiger partial charge >= 0.3 is 5.97 Å². The molecule has 0 saturated heterocycles. The monoisotopic (exact) mass is 487 g/mol. The van der Waals surface area contributed by atoms with E-state index < -0.39 is 5.97 Å². The van der Waals surface area contributed by atoms with Gasteiger partial charge in [0, 0.05) is 17.2 Å². The molecule has 1 aromatic heterocycles. The lowest BCUT2D eigenvalue weighted by Crippen LogP contribution is -1.97. The first kappa shape index (κ1) is 26.3. The van der Waals surface area contributed by atoms with Crippen LogP contribution in [0.1, 0.15) is 70.2 Å². The van der Waals surface area contributed by atoms with Crippen LogP contribution in [0.3, 0.4) is 0 Å². The van der Waals surface area contributed by atoms with Crippen LogP contribution in [-0.2, 0) is 16.0 Å². The van der Waals surface area contributed by atoms with E-state index in [2.05, 4.69) is 42.8 Å². The Bertz CT molecular complexity index is 1220. The Balaban J connectivity index is 1.80. The first-order valence-corrected chi connectivity index (χ1v) is 12.9. The van der Waals surface area contributed by atoms with Gasteiger partial charge in [0.05, 0.1) is 17.7 Å². The fourth-order valence-corrected chi connectivity index (χ4v) is 4.72. The number of thiazole rings is 1. The van der Waals surface area contributed by atoms with Gasteiger partial charge in [-0.3, -0.25) is 4.79 Å². The average molecular weight is 488 g/mol. The number of ether oxygens (including phenoxy) is 1. The van der Waals surface area contributed by atoms with Crippen molar-refractivity contribution >= 4 is 35.2 Å². The van der Waals surface area contributed by atoms with E-state index in [1.807, 2.05) is 25.1 Å². The Morgan fingerprint density at radius 3 is 2.43 bits per heavy atom. The minimum Gasteiger partial charge on any atom is -0.466 e. The van der Waals surface area contributed by atoms with Crippen LogP contribution in [0.5, 0.6) is 0 Å². The second-order valence-electron chi connectivity index (χ2n) is 8.63. The highest BCUT2D eigenvalue weighted by atomic mass is 32.1. The summed E-state index contributed by atoms with van der Waals surface area (Å²) in [6.45, 7) is 6.21. The largest absolute Gasteiger partial charge is 0.466 e. The molecule has 5 heteroatoms. The van der Waals surface area contributed by atoms with Crippen LogP contribution in [0.15, 0.2) is 54.6 Å². The molecule has 35 heavy (non-hydrogen) atoms. The van der Waals surface area contributed by atoms with Gasteiger partial charge in [0.2, 0.25) is 0 Å². The highest BCUT2D eigenvalue weighted by Gasteiger charge is 2.12. The van der Waals surface area contributed by atoms with Gasteiger partial charge in [-0.05, 0) is 62.1 Å². The summed E-state index contributed by atoms with van der Waals surface area (Å²) >= 11 is 1.63. The molecule has 1 heterocycles. The van der Waals surface area contributed by atoms with Crippen molar-refractivity contribution in [2.75, 3.05) is 7.11 Å². The maximum atomic E-state index is 12.9. The van der Waals surface area contributed by atoms with E-state index in [4.69, 9.17) is 4.98 Å². The molecule has 3 rings (SSSR count). The van der Waals surface area contributed by atoms with Crippen LogP contribution in [-0.4, -0.2) is 23.8 Å². The number of aromatic nitrogens is 1. The molecule has 0 fully saturated rings. The zero-order valence-electron chi connectivity index (χ0n) is 21.0. The van der Waals surface area contributed by atoms with Crippen molar-refractivity contribution in [2.24, 2.45) is 0 Å². The van der Waals surface area contributed by atoms with Crippen molar-refractivity contribution in [3.05, 3.63) is 87.4 Å². The van der Waals surface area contributed by atoms with E-state index in [1.54, 1.807) is 29.6 Å². The molecule has 2 aromatic carbocycles. The fraction of sp³-hybridized carbons (Fsp3) is 0.300. The molecule has 0 bridgehead atoms. The third-order valence-corrected chi connectivity index (χ3v) is 6.95. The quantitative estimate of drug-likeness (QED) is 0.121. The van der Waals surface area contributed by atoms with Gasteiger partial charge in [-0.25, -0.2) is 9.78 Å². The number of carbonyl (C=O) groups excluding carboxylic acids is 2. The number of allylic oxidation sites excluding steroid dienone is 1. The van der Waals surface area contributed by atoms with Crippen LogP contribution in [0.2, 0.25) is 0 Å². The van der Waals surface area contributed by atoms with Crippen molar-refractivity contribution in [3.63, 3.8) is 0 Å². The SMILES string of the molecule is CCCCCCc1nc(-c2ccc(C)cc2)sc1/C=C/C(=O)c1ccc(/C=C/C(=O)OC)c(C)c1. The maximum absolute atomic E-state index is 12.9. The number of methoxy groups -OCH3 is 1. The molecule has 0 aliphatic heterocycles. The first-order valence-electron chi connectivity index (χ1n) is 12.1. The van der Waals surface area contributed by atoms with Crippen LogP contribution in [0.25, 0.3) is 22.7 Å². The number of hydrogen-bond acceptors (Lipinski definition) is 5. The van der Waals surface area contributed by atoms with Crippen molar-refractivity contribution in [1.82, 2.24) is 4.98 Å². The van der Waals surface area contributed by atoms with Gasteiger partial charge in [-0.1, -0.05) is 68.1 Å². The van der Waals surface area contributed by atoms with E-state index >= 15 is 0 Å². The molecule has 3 aromatic rings. The van der Waals surface area contributed by atoms with Gasteiger partial charge in [0.1, 0.15) is 5.01 Å².